The lowest BCUT2D eigenvalue weighted by atomic mass is 9.97. The van der Waals surface area contributed by atoms with Crippen LogP contribution in [-0.4, -0.2) is 16.3 Å². The summed E-state index contributed by atoms with van der Waals surface area (Å²) in [5.74, 6) is 2.30. The van der Waals surface area contributed by atoms with E-state index in [0.29, 0.717) is 0 Å². The summed E-state index contributed by atoms with van der Waals surface area (Å²) in [6, 6.07) is 5.96. The Kier molecular flexibility index (Phi) is 3.94. The monoisotopic (exact) mass is 386 g/mol. The first kappa shape index (κ1) is 16.2. The normalized spacial score (nSPS) is 15.4. The molecule has 0 fully saturated rings. The van der Waals surface area contributed by atoms with Gasteiger partial charge in [0.05, 0.1) is 5.39 Å². The number of ether oxygens (including phenoxy) is 2. The highest BCUT2D eigenvalue weighted by Crippen LogP contribution is 2.36. The molecule has 3 heterocycles. The van der Waals surface area contributed by atoms with Gasteiger partial charge < -0.3 is 9.47 Å². The molecule has 5 rings (SSSR count). The van der Waals surface area contributed by atoms with Crippen molar-refractivity contribution >= 4 is 33.3 Å². The fourth-order valence-corrected chi connectivity index (χ4v) is 5.79. The number of thioether (sulfide) groups is 1. The van der Waals surface area contributed by atoms with Crippen LogP contribution >= 0.6 is 23.1 Å². The van der Waals surface area contributed by atoms with Gasteiger partial charge in [0.2, 0.25) is 6.79 Å². The summed E-state index contributed by atoms with van der Waals surface area (Å²) in [5.41, 5.74) is 2.46. The van der Waals surface area contributed by atoms with Crippen molar-refractivity contribution in [2.45, 2.75) is 36.6 Å². The van der Waals surface area contributed by atoms with Crippen LogP contribution < -0.4 is 15.0 Å². The molecule has 5 nitrogen and oxygen atoms in total. The van der Waals surface area contributed by atoms with Gasteiger partial charge in [0.1, 0.15) is 4.83 Å². The number of thiophene rings is 1. The molecule has 2 aliphatic rings. The molecule has 1 aromatic carbocycles. The Bertz CT molecular complexity index is 1070. The third-order valence-corrected chi connectivity index (χ3v) is 7.25. The van der Waals surface area contributed by atoms with Crippen LogP contribution in [0.2, 0.25) is 0 Å². The summed E-state index contributed by atoms with van der Waals surface area (Å²) in [5, 5.41) is 1.61. The van der Waals surface area contributed by atoms with E-state index in [1.54, 1.807) is 27.7 Å². The molecule has 1 aliphatic heterocycles. The Morgan fingerprint density at radius 3 is 3.00 bits per heavy atom. The van der Waals surface area contributed by atoms with Crippen LogP contribution in [0.15, 0.2) is 28.2 Å². The molecule has 7 heteroatoms. The zero-order chi connectivity index (χ0) is 17.7. The molecule has 1 aliphatic carbocycles. The minimum Gasteiger partial charge on any atom is -0.454 e. The molecule has 0 saturated heterocycles. The van der Waals surface area contributed by atoms with E-state index in [1.165, 1.54) is 23.3 Å². The second kappa shape index (κ2) is 6.32. The zero-order valence-electron chi connectivity index (χ0n) is 14.4. The summed E-state index contributed by atoms with van der Waals surface area (Å²) in [4.78, 5) is 20.0. The van der Waals surface area contributed by atoms with Crippen LogP contribution in [-0.2, 0) is 25.6 Å². The van der Waals surface area contributed by atoms with E-state index in [0.717, 1.165) is 51.0 Å². The van der Waals surface area contributed by atoms with Crippen LogP contribution in [0, 0.1) is 0 Å². The average molecular weight is 386 g/mol. The summed E-state index contributed by atoms with van der Waals surface area (Å²) in [7, 11) is 1.82. The summed E-state index contributed by atoms with van der Waals surface area (Å²) in [6.07, 6.45) is 4.48. The van der Waals surface area contributed by atoms with Crippen LogP contribution in [0.1, 0.15) is 28.8 Å². The third-order valence-electron chi connectivity index (χ3n) is 4.96. The standard InChI is InChI=1S/C19H18N2O3S2/c1-21-18(22)16-12-4-2-3-5-15(12)26-17(16)20-19(21)25-9-11-6-7-13-14(8-11)24-10-23-13/h6-8H,2-5,9-10H2,1H3. The lowest BCUT2D eigenvalue weighted by molar-refractivity contribution is 0.174. The second-order valence-electron chi connectivity index (χ2n) is 6.63. The molecular weight excluding hydrogens is 368 g/mol. The number of aromatic nitrogens is 2. The molecule has 0 spiro atoms. The number of hydrogen-bond acceptors (Lipinski definition) is 6. The number of nitrogens with zero attached hydrogens (tertiary/aromatic N) is 2. The van der Waals surface area contributed by atoms with Crippen molar-refractivity contribution in [1.29, 1.82) is 0 Å². The van der Waals surface area contributed by atoms with Crippen molar-refractivity contribution in [3.8, 4) is 11.5 Å². The highest BCUT2D eigenvalue weighted by molar-refractivity contribution is 7.98. The number of aryl methyl sites for hydroxylation is 2. The fourth-order valence-electron chi connectivity index (χ4n) is 3.57. The quantitative estimate of drug-likeness (QED) is 0.505. The number of rotatable bonds is 3. The molecule has 26 heavy (non-hydrogen) atoms. The van der Waals surface area contributed by atoms with Crippen molar-refractivity contribution in [1.82, 2.24) is 9.55 Å². The van der Waals surface area contributed by atoms with Gasteiger partial charge in [0, 0.05) is 17.7 Å². The van der Waals surface area contributed by atoms with Crippen molar-refractivity contribution in [3.63, 3.8) is 0 Å². The smallest absolute Gasteiger partial charge is 0.262 e. The van der Waals surface area contributed by atoms with Crippen molar-refractivity contribution < 1.29 is 9.47 Å². The zero-order valence-corrected chi connectivity index (χ0v) is 16.0. The Balaban J connectivity index is 1.47. The van der Waals surface area contributed by atoms with Gasteiger partial charge in [-0.15, -0.1) is 11.3 Å². The molecule has 0 bridgehead atoms. The fraction of sp³-hybridized carbons (Fsp3) is 0.368. The van der Waals surface area contributed by atoms with Crippen molar-refractivity contribution in [2.75, 3.05) is 6.79 Å². The molecule has 0 amide bonds. The average Bonchev–Trinajstić information content (AvgIpc) is 3.26. The van der Waals surface area contributed by atoms with Crippen LogP contribution in [0.5, 0.6) is 11.5 Å². The van der Waals surface area contributed by atoms with E-state index >= 15 is 0 Å². The Hall–Kier alpha value is -1.99. The van der Waals surface area contributed by atoms with E-state index in [1.807, 2.05) is 25.2 Å². The van der Waals surface area contributed by atoms with Crippen LogP contribution in [0.3, 0.4) is 0 Å². The molecule has 0 N–H and O–H groups in total. The maximum absolute atomic E-state index is 12.9. The maximum atomic E-state index is 12.9. The largest absolute Gasteiger partial charge is 0.454 e. The van der Waals surface area contributed by atoms with Crippen LogP contribution in [0.4, 0.5) is 0 Å². The Morgan fingerprint density at radius 2 is 2.08 bits per heavy atom. The highest BCUT2D eigenvalue weighted by Gasteiger charge is 2.21. The second-order valence-corrected chi connectivity index (χ2v) is 8.65. The van der Waals surface area contributed by atoms with Crippen molar-refractivity contribution in [3.05, 3.63) is 44.6 Å². The van der Waals surface area contributed by atoms with E-state index in [4.69, 9.17) is 14.5 Å². The Labute approximate surface area is 159 Å². The van der Waals surface area contributed by atoms with E-state index in [9.17, 15) is 4.79 Å². The highest BCUT2D eigenvalue weighted by atomic mass is 32.2. The molecule has 2 aromatic heterocycles. The molecule has 0 saturated carbocycles. The predicted octanol–water partition coefficient (Wildman–Crippen LogP) is 3.89. The lowest BCUT2D eigenvalue weighted by Gasteiger charge is -2.11. The summed E-state index contributed by atoms with van der Waals surface area (Å²) >= 11 is 3.28. The van der Waals surface area contributed by atoms with Gasteiger partial charge >= 0.3 is 0 Å². The summed E-state index contributed by atoms with van der Waals surface area (Å²) in [6.45, 7) is 0.279. The third kappa shape index (κ3) is 2.61. The van der Waals surface area contributed by atoms with Gasteiger partial charge in [-0.05, 0) is 48.9 Å². The SMILES string of the molecule is Cn1c(SCc2ccc3c(c2)OCO3)nc2sc3c(c2c1=O)CCCC3. The first-order valence-electron chi connectivity index (χ1n) is 8.73. The molecule has 0 radical (unpaired) electrons. The van der Waals surface area contributed by atoms with Gasteiger partial charge in [-0.1, -0.05) is 17.8 Å². The van der Waals surface area contributed by atoms with Gasteiger partial charge in [-0.25, -0.2) is 4.98 Å². The maximum Gasteiger partial charge on any atom is 0.262 e. The first-order valence-corrected chi connectivity index (χ1v) is 10.5. The number of hydrogen-bond donors (Lipinski definition) is 0. The number of fused-ring (bicyclic) bond motifs is 4. The van der Waals surface area contributed by atoms with E-state index in [-0.39, 0.29) is 12.4 Å². The number of benzene rings is 1. The van der Waals surface area contributed by atoms with Gasteiger partial charge in [-0.2, -0.15) is 0 Å². The summed E-state index contributed by atoms with van der Waals surface area (Å²) < 4.78 is 12.5. The molecule has 0 unspecified atom stereocenters. The van der Waals surface area contributed by atoms with Gasteiger partial charge in [-0.3, -0.25) is 9.36 Å². The minimum atomic E-state index is 0.0857. The van der Waals surface area contributed by atoms with Gasteiger partial charge in [0.25, 0.3) is 5.56 Å². The predicted molar refractivity (Wildman–Crippen MR) is 104 cm³/mol. The first-order chi connectivity index (χ1) is 12.7. The molecule has 3 aromatic rings. The minimum absolute atomic E-state index is 0.0857. The molecule has 0 atom stereocenters. The van der Waals surface area contributed by atoms with Crippen LogP contribution in [0.25, 0.3) is 10.2 Å². The molecular formula is C19H18N2O3S2. The van der Waals surface area contributed by atoms with E-state index < -0.39 is 0 Å². The topological polar surface area (TPSA) is 53.4 Å². The van der Waals surface area contributed by atoms with Gasteiger partial charge in [0.15, 0.2) is 16.7 Å². The lowest BCUT2D eigenvalue weighted by Crippen LogP contribution is -2.20. The van der Waals surface area contributed by atoms with E-state index in [2.05, 4.69) is 0 Å². The molecule has 134 valence electrons. The Morgan fingerprint density at radius 1 is 1.23 bits per heavy atom. The van der Waals surface area contributed by atoms with Crippen molar-refractivity contribution in [2.24, 2.45) is 7.05 Å².